The van der Waals surface area contributed by atoms with Gasteiger partial charge in [-0.1, -0.05) is 6.07 Å². The molecule has 1 fully saturated rings. The number of amides is 2. The van der Waals surface area contributed by atoms with Crippen LogP contribution in [0.15, 0.2) is 18.2 Å². The second-order valence-corrected chi connectivity index (χ2v) is 6.43. The Morgan fingerprint density at radius 2 is 1.62 bits per heavy atom. The Kier molecular flexibility index (Phi) is 6.37. The predicted octanol–water partition coefficient (Wildman–Crippen LogP) is 1.93. The van der Waals surface area contributed by atoms with Crippen molar-refractivity contribution >= 4 is 11.8 Å². The van der Waals surface area contributed by atoms with Gasteiger partial charge < -0.3 is 9.80 Å². The van der Waals surface area contributed by atoms with Crippen LogP contribution >= 0.6 is 0 Å². The molecule has 2 amide bonds. The van der Waals surface area contributed by atoms with Gasteiger partial charge in [0.1, 0.15) is 0 Å². The van der Waals surface area contributed by atoms with Crippen LogP contribution in [0, 0.1) is 13.8 Å². The molecule has 1 aliphatic rings. The number of benzene rings is 1. The number of carbonyl (C=O) groups is 2. The summed E-state index contributed by atoms with van der Waals surface area (Å²) < 4.78 is 0. The van der Waals surface area contributed by atoms with E-state index in [1.54, 1.807) is 0 Å². The van der Waals surface area contributed by atoms with Crippen LogP contribution in [-0.4, -0.2) is 72.3 Å². The van der Waals surface area contributed by atoms with Crippen LogP contribution < -0.4 is 0 Å². The molecule has 1 saturated heterocycles. The van der Waals surface area contributed by atoms with Crippen LogP contribution in [0.5, 0.6) is 0 Å². The van der Waals surface area contributed by atoms with E-state index in [-0.39, 0.29) is 11.8 Å². The topological polar surface area (TPSA) is 43.9 Å². The maximum atomic E-state index is 12.6. The predicted molar refractivity (Wildman–Crippen MR) is 96.2 cm³/mol. The van der Waals surface area contributed by atoms with Crippen molar-refractivity contribution < 1.29 is 9.59 Å². The molecule has 5 nitrogen and oxygen atoms in total. The largest absolute Gasteiger partial charge is 0.342 e. The maximum Gasteiger partial charge on any atom is 0.253 e. The van der Waals surface area contributed by atoms with E-state index in [1.807, 2.05) is 48.8 Å². The van der Waals surface area contributed by atoms with Crippen LogP contribution in [0.1, 0.15) is 35.3 Å². The second kappa shape index (κ2) is 8.29. The Bertz CT molecular complexity index is 588. The number of piperazine rings is 1. The van der Waals surface area contributed by atoms with Crippen molar-refractivity contribution in [2.24, 2.45) is 0 Å². The van der Waals surface area contributed by atoms with Gasteiger partial charge in [-0.25, -0.2) is 0 Å². The molecule has 0 radical (unpaired) electrons. The van der Waals surface area contributed by atoms with Crippen LogP contribution in [0.3, 0.4) is 0 Å². The van der Waals surface area contributed by atoms with Gasteiger partial charge in [-0.3, -0.25) is 14.5 Å². The lowest BCUT2D eigenvalue weighted by atomic mass is 10.1. The molecule has 0 saturated carbocycles. The Labute approximate surface area is 145 Å². The molecule has 2 rings (SSSR count). The van der Waals surface area contributed by atoms with Crippen molar-refractivity contribution in [1.82, 2.24) is 14.7 Å². The number of carbonyl (C=O) groups excluding carboxylic acids is 2. The summed E-state index contributed by atoms with van der Waals surface area (Å²) in [5, 5.41) is 0. The summed E-state index contributed by atoms with van der Waals surface area (Å²) in [6, 6.07) is 5.87. The van der Waals surface area contributed by atoms with E-state index < -0.39 is 0 Å². The van der Waals surface area contributed by atoms with E-state index in [2.05, 4.69) is 11.8 Å². The molecule has 132 valence electrons. The number of aryl methyl sites for hydroxylation is 2. The zero-order valence-corrected chi connectivity index (χ0v) is 15.3. The standard InChI is InChI=1S/C19H29N3O2/c1-5-21(6-2)18(23)14-20-9-11-22(12-10-20)19(24)17-8-7-15(3)16(4)13-17/h7-8,13H,5-6,9-12,14H2,1-4H3. The van der Waals surface area contributed by atoms with E-state index in [9.17, 15) is 9.59 Å². The van der Waals surface area contributed by atoms with E-state index in [4.69, 9.17) is 0 Å². The molecule has 0 aliphatic carbocycles. The summed E-state index contributed by atoms with van der Waals surface area (Å²) in [5.74, 6) is 0.266. The summed E-state index contributed by atoms with van der Waals surface area (Å²) in [7, 11) is 0. The minimum atomic E-state index is 0.0906. The molecule has 0 bridgehead atoms. The molecular weight excluding hydrogens is 302 g/mol. The fourth-order valence-corrected chi connectivity index (χ4v) is 3.03. The summed E-state index contributed by atoms with van der Waals surface area (Å²) in [6.07, 6.45) is 0. The fourth-order valence-electron chi connectivity index (χ4n) is 3.03. The van der Waals surface area contributed by atoms with Gasteiger partial charge in [0.2, 0.25) is 5.91 Å². The Morgan fingerprint density at radius 3 is 2.17 bits per heavy atom. The normalized spacial score (nSPS) is 15.4. The van der Waals surface area contributed by atoms with Gasteiger partial charge in [-0.2, -0.15) is 0 Å². The third-order valence-corrected chi connectivity index (χ3v) is 4.89. The summed E-state index contributed by atoms with van der Waals surface area (Å²) in [5.41, 5.74) is 3.10. The van der Waals surface area contributed by atoms with Crippen molar-refractivity contribution in [1.29, 1.82) is 0 Å². The molecule has 0 atom stereocenters. The average Bonchev–Trinajstić information content (AvgIpc) is 2.58. The van der Waals surface area contributed by atoms with Gasteiger partial charge in [-0.15, -0.1) is 0 Å². The van der Waals surface area contributed by atoms with Crippen LogP contribution in [0.25, 0.3) is 0 Å². The third-order valence-electron chi connectivity index (χ3n) is 4.89. The van der Waals surface area contributed by atoms with E-state index in [0.717, 1.165) is 37.3 Å². The summed E-state index contributed by atoms with van der Waals surface area (Å²) in [6.45, 7) is 12.9. The Morgan fingerprint density at radius 1 is 1.00 bits per heavy atom. The first-order valence-corrected chi connectivity index (χ1v) is 8.82. The molecule has 1 heterocycles. The molecule has 0 spiro atoms. The molecule has 1 aromatic rings. The van der Waals surface area contributed by atoms with Crippen molar-refractivity contribution in [3.05, 3.63) is 34.9 Å². The van der Waals surface area contributed by atoms with Crippen LogP contribution in [0.4, 0.5) is 0 Å². The first kappa shape index (κ1) is 18.5. The molecule has 0 aromatic heterocycles. The average molecular weight is 331 g/mol. The quantitative estimate of drug-likeness (QED) is 0.828. The Balaban J connectivity index is 1.89. The number of rotatable bonds is 5. The number of hydrogen-bond donors (Lipinski definition) is 0. The number of nitrogens with zero attached hydrogens (tertiary/aromatic N) is 3. The molecule has 1 aromatic carbocycles. The molecule has 24 heavy (non-hydrogen) atoms. The lowest BCUT2D eigenvalue weighted by Crippen LogP contribution is -2.51. The number of hydrogen-bond acceptors (Lipinski definition) is 3. The first-order valence-electron chi connectivity index (χ1n) is 8.82. The lowest BCUT2D eigenvalue weighted by Gasteiger charge is -2.35. The Hall–Kier alpha value is -1.88. The van der Waals surface area contributed by atoms with Crippen LogP contribution in [0.2, 0.25) is 0 Å². The van der Waals surface area contributed by atoms with E-state index in [0.29, 0.717) is 19.6 Å². The second-order valence-electron chi connectivity index (χ2n) is 6.43. The van der Waals surface area contributed by atoms with E-state index >= 15 is 0 Å². The molecule has 1 aliphatic heterocycles. The fraction of sp³-hybridized carbons (Fsp3) is 0.579. The third kappa shape index (κ3) is 4.35. The summed E-state index contributed by atoms with van der Waals surface area (Å²) >= 11 is 0. The van der Waals surface area contributed by atoms with Gasteiger partial charge in [0.05, 0.1) is 6.54 Å². The minimum Gasteiger partial charge on any atom is -0.342 e. The highest BCUT2D eigenvalue weighted by Crippen LogP contribution is 2.13. The summed E-state index contributed by atoms with van der Waals surface area (Å²) in [4.78, 5) is 30.7. The first-order chi connectivity index (χ1) is 11.5. The van der Waals surface area contributed by atoms with Crippen molar-refractivity contribution in [2.75, 3.05) is 45.8 Å². The van der Waals surface area contributed by atoms with Gasteiger partial charge >= 0.3 is 0 Å². The smallest absolute Gasteiger partial charge is 0.253 e. The molecule has 0 unspecified atom stereocenters. The van der Waals surface area contributed by atoms with Gasteiger partial charge in [-0.05, 0) is 51.0 Å². The zero-order valence-electron chi connectivity index (χ0n) is 15.3. The highest BCUT2D eigenvalue weighted by molar-refractivity contribution is 5.94. The minimum absolute atomic E-state index is 0.0906. The van der Waals surface area contributed by atoms with Crippen LogP contribution in [-0.2, 0) is 4.79 Å². The van der Waals surface area contributed by atoms with E-state index in [1.165, 1.54) is 5.56 Å². The highest BCUT2D eigenvalue weighted by Gasteiger charge is 2.24. The molecule has 0 N–H and O–H groups in total. The van der Waals surface area contributed by atoms with Crippen molar-refractivity contribution in [3.63, 3.8) is 0 Å². The van der Waals surface area contributed by atoms with Gasteiger partial charge in [0.25, 0.3) is 5.91 Å². The van der Waals surface area contributed by atoms with Gasteiger partial charge in [0, 0.05) is 44.8 Å². The molecule has 5 heteroatoms. The molecular formula is C19H29N3O2. The zero-order chi connectivity index (χ0) is 17.7. The monoisotopic (exact) mass is 331 g/mol. The lowest BCUT2D eigenvalue weighted by molar-refractivity contribution is -0.132. The highest BCUT2D eigenvalue weighted by atomic mass is 16.2. The van der Waals surface area contributed by atoms with Crippen molar-refractivity contribution in [2.45, 2.75) is 27.7 Å². The van der Waals surface area contributed by atoms with Crippen molar-refractivity contribution in [3.8, 4) is 0 Å². The maximum absolute atomic E-state index is 12.6. The van der Waals surface area contributed by atoms with Gasteiger partial charge in [0.15, 0.2) is 0 Å². The number of likely N-dealkylation sites (N-methyl/N-ethyl adjacent to an activating group) is 1. The SMILES string of the molecule is CCN(CC)C(=O)CN1CCN(C(=O)c2ccc(C)c(C)c2)CC1.